The van der Waals surface area contributed by atoms with Crippen LogP contribution in [0.5, 0.6) is 0 Å². The Morgan fingerprint density at radius 3 is 2.46 bits per heavy atom. The molecular weight excluding hydrogens is 317 g/mol. The van der Waals surface area contributed by atoms with E-state index in [1.54, 1.807) is 0 Å². The molecule has 1 saturated heterocycles. The predicted octanol–water partition coefficient (Wildman–Crippen LogP) is 1.05. The van der Waals surface area contributed by atoms with Gasteiger partial charge in [-0.3, -0.25) is 29.4 Å². The average molecular weight is 333 g/mol. The Bertz CT molecular complexity index is 775. The van der Waals surface area contributed by atoms with E-state index in [0.717, 1.165) is 11.0 Å². The minimum atomic E-state index is -1.11. The molecule has 1 aromatic rings. The molecule has 2 heterocycles. The van der Waals surface area contributed by atoms with Crippen molar-refractivity contribution in [1.82, 2.24) is 10.2 Å². The van der Waals surface area contributed by atoms with Gasteiger partial charge in [-0.1, -0.05) is 0 Å². The van der Waals surface area contributed by atoms with Gasteiger partial charge in [-0.25, -0.2) is 4.39 Å². The van der Waals surface area contributed by atoms with Crippen molar-refractivity contribution in [3.63, 3.8) is 0 Å². The van der Waals surface area contributed by atoms with Gasteiger partial charge in [0.15, 0.2) is 0 Å². The highest BCUT2D eigenvalue weighted by atomic mass is 19.1. The zero-order chi connectivity index (χ0) is 17.6. The van der Waals surface area contributed by atoms with E-state index >= 15 is 0 Å². The van der Waals surface area contributed by atoms with E-state index in [-0.39, 0.29) is 30.0 Å². The Labute approximate surface area is 137 Å². The Morgan fingerprint density at radius 1 is 1.17 bits per heavy atom. The maximum Gasteiger partial charge on any atom is 0.265 e. The monoisotopic (exact) mass is 333 g/mol. The van der Waals surface area contributed by atoms with Crippen molar-refractivity contribution in [2.75, 3.05) is 5.32 Å². The van der Waals surface area contributed by atoms with E-state index < -0.39 is 35.5 Å². The summed E-state index contributed by atoms with van der Waals surface area (Å²) in [6, 6.07) is 1.37. The van der Waals surface area contributed by atoms with Gasteiger partial charge in [0.05, 0.1) is 11.1 Å². The van der Waals surface area contributed by atoms with Crippen molar-refractivity contribution in [1.29, 1.82) is 0 Å². The van der Waals surface area contributed by atoms with Crippen LogP contribution in [0.2, 0.25) is 0 Å². The molecular formula is C16H16FN3O4. The first-order valence-corrected chi connectivity index (χ1v) is 7.62. The van der Waals surface area contributed by atoms with E-state index in [1.165, 1.54) is 6.07 Å². The lowest BCUT2D eigenvalue weighted by Gasteiger charge is -2.27. The summed E-state index contributed by atoms with van der Waals surface area (Å²) in [5, 5.41) is 5.11. The fraction of sp³-hybridized carbons (Fsp3) is 0.375. The Balaban J connectivity index is 2.03. The number of amides is 4. The van der Waals surface area contributed by atoms with Gasteiger partial charge in [-0.2, -0.15) is 0 Å². The summed E-state index contributed by atoms with van der Waals surface area (Å²) in [6.45, 7) is 3.68. The molecule has 1 aromatic carbocycles. The number of hydrogen-bond donors (Lipinski definition) is 2. The van der Waals surface area contributed by atoms with E-state index in [4.69, 9.17) is 0 Å². The molecule has 1 unspecified atom stereocenters. The molecule has 0 saturated carbocycles. The molecule has 24 heavy (non-hydrogen) atoms. The van der Waals surface area contributed by atoms with Crippen LogP contribution in [0.1, 0.15) is 47.4 Å². The number of anilines is 1. The van der Waals surface area contributed by atoms with Crippen molar-refractivity contribution in [3.05, 3.63) is 29.1 Å². The van der Waals surface area contributed by atoms with Gasteiger partial charge in [0.2, 0.25) is 11.8 Å². The van der Waals surface area contributed by atoms with E-state index in [0.29, 0.717) is 5.69 Å². The molecule has 3 rings (SSSR count). The second kappa shape index (κ2) is 5.70. The molecule has 2 aliphatic rings. The summed E-state index contributed by atoms with van der Waals surface area (Å²) in [4.78, 5) is 49.3. The SMILES string of the molecule is CC(C)Nc1ccc(F)c2c1C(=O)N(C1CCC(=O)NC1=O)C2=O. The van der Waals surface area contributed by atoms with Crippen LogP contribution in [-0.2, 0) is 9.59 Å². The smallest absolute Gasteiger partial charge is 0.265 e. The number of carbonyl (C=O) groups excluding carboxylic acids is 4. The molecule has 7 nitrogen and oxygen atoms in total. The van der Waals surface area contributed by atoms with Crippen molar-refractivity contribution < 1.29 is 23.6 Å². The summed E-state index contributed by atoms with van der Waals surface area (Å²) in [7, 11) is 0. The molecule has 0 bridgehead atoms. The van der Waals surface area contributed by atoms with E-state index in [1.807, 2.05) is 13.8 Å². The number of hydrogen-bond acceptors (Lipinski definition) is 5. The number of piperidine rings is 1. The minimum Gasteiger partial charge on any atom is -0.382 e. The largest absolute Gasteiger partial charge is 0.382 e. The predicted molar refractivity (Wildman–Crippen MR) is 81.8 cm³/mol. The molecule has 2 N–H and O–H groups in total. The Morgan fingerprint density at radius 2 is 1.83 bits per heavy atom. The second-order valence-corrected chi connectivity index (χ2v) is 6.09. The highest BCUT2D eigenvalue weighted by molar-refractivity contribution is 6.25. The third kappa shape index (κ3) is 2.44. The molecule has 2 aliphatic heterocycles. The summed E-state index contributed by atoms with van der Waals surface area (Å²) in [5.74, 6) is -3.57. The van der Waals surface area contributed by atoms with Crippen LogP contribution in [0.3, 0.4) is 0 Å². The van der Waals surface area contributed by atoms with Crippen LogP contribution in [-0.4, -0.2) is 40.6 Å². The first kappa shape index (κ1) is 16.1. The van der Waals surface area contributed by atoms with Gasteiger partial charge in [-0.05, 0) is 32.4 Å². The normalized spacial score (nSPS) is 20.5. The quantitative estimate of drug-likeness (QED) is 0.806. The zero-order valence-electron chi connectivity index (χ0n) is 13.2. The molecule has 1 atom stereocenters. The van der Waals surface area contributed by atoms with Gasteiger partial charge < -0.3 is 5.32 Å². The van der Waals surface area contributed by atoms with Crippen LogP contribution in [0.25, 0.3) is 0 Å². The van der Waals surface area contributed by atoms with Crippen LogP contribution >= 0.6 is 0 Å². The number of carbonyl (C=O) groups is 4. The van der Waals surface area contributed by atoms with E-state index in [2.05, 4.69) is 10.6 Å². The molecule has 0 aromatic heterocycles. The number of halogens is 1. The van der Waals surface area contributed by atoms with Gasteiger partial charge >= 0.3 is 0 Å². The number of rotatable bonds is 3. The maximum atomic E-state index is 14.1. The molecule has 0 radical (unpaired) electrons. The third-order valence-corrected chi connectivity index (χ3v) is 3.99. The topological polar surface area (TPSA) is 95.6 Å². The average Bonchev–Trinajstić information content (AvgIpc) is 2.75. The first-order valence-electron chi connectivity index (χ1n) is 7.62. The molecule has 0 spiro atoms. The highest BCUT2D eigenvalue weighted by Crippen LogP contribution is 2.34. The first-order chi connectivity index (χ1) is 11.3. The van der Waals surface area contributed by atoms with Crippen molar-refractivity contribution in [2.45, 2.75) is 38.8 Å². The van der Waals surface area contributed by atoms with Crippen molar-refractivity contribution in [3.8, 4) is 0 Å². The standard InChI is InChI=1S/C16H16FN3O4/c1-7(2)18-9-4-3-8(17)12-13(9)16(24)20(15(12)23)10-5-6-11(21)19-14(10)22/h3-4,7,10,18H,5-6H2,1-2H3,(H,19,21,22). The Kier molecular flexibility index (Phi) is 3.82. The van der Waals surface area contributed by atoms with Crippen LogP contribution in [0.15, 0.2) is 12.1 Å². The third-order valence-electron chi connectivity index (χ3n) is 3.99. The van der Waals surface area contributed by atoms with E-state index in [9.17, 15) is 23.6 Å². The summed E-state index contributed by atoms with van der Waals surface area (Å²) in [5.41, 5.74) is -0.0664. The fourth-order valence-corrected chi connectivity index (χ4v) is 2.98. The molecule has 4 amide bonds. The summed E-state index contributed by atoms with van der Waals surface area (Å²) >= 11 is 0. The number of nitrogens with one attached hydrogen (secondary N) is 2. The lowest BCUT2D eigenvalue weighted by atomic mass is 10.0. The number of benzene rings is 1. The number of imide groups is 2. The minimum absolute atomic E-state index is 0.0173. The fourth-order valence-electron chi connectivity index (χ4n) is 2.98. The molecule has 8 heteroatoms. The molecule has 126 valence electrons. The number of fused-ring (bicyclic) bond motifs is 1. The van der Waals surface area contributed by atoms with Gasteiger partial charge in [-0.15, -0.1) is 0 Å². The second-order valence-electron chi connectivity index (χ2n) is 6.09. The Hall–Kier alpha value is -2.77. The maximum absolute atomic E-state index is 14.1. The molecule has 0 aliphatic carbocycles. The van der Waals surface area contributed by atoms with Gasteiger partial charge in [0, 0.05) is 18.2 Å². The molecule has 1 fully saturated rings. The van der Waals surface area contributed by atoms with Gasteiger partial charge in [0.1, 0.15) is 11.9 Å². The van der Waals surface area contributed by atoms with Crippen LogP contribution < -0.4 is 10.6 Å². The lowest BCUT2D eigenvalue weighted by molar-refractivity contribution is -0.136. The van der Waals surface area contributed by atoms with Crippen molar-refractivity contribution in [2.24, 2.45) is 0 Å². The zero-order valence-corrected chi connectivity index (χ0v) is 13.2. The van der Waals surface area contributed by atoms with Crippen LogP contribution in [0, 0.1) is 5.82 Å². The van der Waals surface area contributed by atoms with Crippen molar-refractivity contribution >= 4 is 29.3 Å². The van der Waals surface area contributed by atoms with Gasteiger partial charge in [0.25, 0.3) is 11.8 Å². The summed E-state index contributed by atoms with van der Waals surface area (Å²) in [6.07, 6.45) is 0.0497. The number of nitrogens with zero attached hydrogens (tertiary/aromatic N) is 1. The highest BCUT2D eigenvalue weighted by Gasteiger charge is 2.47. The lowest BCUT2D eigenvalue weighted by Crippen LogP contribution is -2.54. The summed E-state index contributed by atoms with van der Waals surface area (Å²) < 4.78 is 14.1. The van der Waals surface area contributed by atoms with Crippen LogP contribution in [0.4, 0.5) is 10.1 Å².